The van der Waals surface area contributed by atoms with Crippen LogP contribution in [-0.2, 0) is 6.54 Å². The van der Waals surface area contributed by atoms with E-state index in [9.17, 15) is 4.79 Å². The van der Waals surface area contributed by atoms with Gasteiger partial charge < -0.3 is 10.6 Å². The number of halogens is 1. The minimum Gasteiger partial charge on any atom is -0.398 e. The number of aryl methyl sites for hydroxylation is 1. The smallest absolute Gasteiger partial charge is 0.256 e. The highest BCUT2D eigenvalue weighted by atomic mass is 35.5. The molecule has 0 aliphatic heterocycles. The minimum absolute atomic E-state index is 0.0879. The van der Waals surface area contributed by atoms with E-state index in [1.807, 2.05) is 31.2 Å². The second-order valence-corrected chi connectivity index (χ2v) is 6.52. The fourth-order valence-electron chi connectivity index (χ4n) is 2.14. The molecule has 5 heteroatoms. The van der Waals surface area contributed by atoms with E-state index >= 15 is 0 Å². The zero-order valence-corrected chi connectivity index (χ0v) is 13.4. The van der Waals surface area contributed by atoms with Gasteiger partial charge in [0.15, 0.2) is 0 Å². The predicted molar refractivity (Wildman–Crippen MR) is 89.9 cm³/mol. The van der Waals surface area contributed by atoms with Crippen LogP contribution in [0.1, 0.15) is 20.8 Å². The van der Waals surface area contributed by atoms with Crippen LogP contribution < -0.4 is 5.73 Å². The lowest BCUT2D eigenvalue weighted by molar-refractivity contribution is 0.0764. The van der Waals surface area contributed by atoms with Crippen molar-refractivity contribution in [1.82, 2.24) is 4.90 Å². The van der Waals surface area contributed by atoms with Gasteiger partial charge >= 0.3 is 0 Å². The third-order valence-electron chi connectivity index (χ3n) is 3.13. The number of nitrogen functional groups attached to an aromatic ring is 1. The van der Waals surface area contributed by atoms with Crippen LogP contribution in [0, 0.1) is 6.92 Å². The van der Waals surface area contributed by atoms with Crippen LogP contribution in [0.2, 0.25) is 4.34 Å². The molecule has 3 nitrogen and oxygen atoms in total. The van der Waals surface area contributed by atoms with Gasteiger partial charge in [-0.1, -0.05) is 29.8 Å². The quantitative estimate of drug-likeness (QED) is 0.665. The number of hydrogen-bond donors (Lipinski definition) is 1. The van der Waals surface area contributed by atoms with Gasteiger partial charge in [0, 0.05) is 17.1 Å². The largest absolute Gasteiger partial charge is 0.398 e. The van der Waals surface area contributed by atoms with Crippen molar-refractivity contribution in [2.45, 2.75) is 13.5 Å². The molecule has 0 radical (unpaired) electrons. The summed E-state index contributed by atoms with van der Waals surface area (Å²) in [7, 11) is 0. The summed E-state index contributed by atoms with van der Waals surface area (Å²) in [5.74, 6) is -0.0879. The number of carbonyl (C=O) groups is 1. The van der Waals surface area contributed by atoms with E-state index in [4.69, 9.17) is 17.3 Å². The van der Waals surface area contributed by atoms with Crippen LogP contribution in [0.15, 0.2) is 43.0 Å². The molecular formula is C16H17ClN2OS. The van der Waals surface area contributed by atoms with Gasteiger partial charge in [0.2, 0.25) is 0 Å². The predicted octanol–water partition coefficient (Wildman–Crippen LogP) is 4.12. The van der Waals surface area contributed by atoms with Crippen molar-refractivity contribution < 1.29 is 4.79 Å². The molecule has 110 valence electrons. The van der Waals surface area contributed by atoms with Crippen molar-refractivity contribution in [3.63, 3.8) is 0 Å². The molecule has 0 saturated carbocycles. The summed E-state index contributed by atoms with van der Waals surface area (Å²) >= 11 is 7.41. The normalized spacial score (nSPS) is 10.4. The fraction of sp³-hybridized carbons (Fsp3) is 0.188. The molecule has 0 bridgehead atoms. The molecule has 0 unspecified atom stereocenters. The zero-order chi connectivity index (χ0) is 15.4. The van der Waals surface area contributed by atoms with E-state index in [-0.39, 0.29) is 5.91 Å². The first kappa shape index (κ1) is 15.6. The molecule has 21 heavy (non-hydrogen) atoms. The van der Waals surface area contributed by atoms with E-state index in [1.165, 1.54) is 11.3 Å². The van der Waals surface area contributed by atoms with E-state index in [0.717, 1.165) is 10.4 Å². The molecule has 2 aromatic rings. The molecule has 2 rings (SSSR count). The molecule has 0 saturated heterocycles. The number of nitrogens with zero attached hydrogens (tertiary/aromatic N) is 1. The van der Waals surface area contributed by atoms with Crippen molar-refractivity contribution >= 4 is 34.5 Å². The van der Waals surface area contributed by atoms with Crippen LogP contribution in [0.25, 0.3) is 0 Å². The number of amides is 1. The lowest BCUT2D eigenvalue weighted by Crippen LogP contribution is -2.31. The molecule has 1 aromatic heterocycles. The third-order valence-corrected chi connectivity index (χ3v) is 4.35. The Morgan fingerprint density at radius 1 is 1.43 bits per heavy atom. The summed E-state index contributed by atoms with van der Waals surface area (Å²) in [5.41, 5.74) is 7.89. The third kappa shape index (κ3) is 3.65. The molecule has 0 aliphatic rings. The van der Waals surface area contributed by atoms with Gasteiger partial charge in [-0.15, -0.1) is 17.9 Å². The molecule has 0 fully saturated rings. The van der Waals surface area contributed by atoms with Crippen molar-refractivity contribution in [2.24, 2.45) is 0 Å². The first-order valence-electron chi connectivity index (χ1n) is 6.52. The Morgan fingerprint density at radius 3 is 2.76 bits per heavy atom. The number of thiophene rings is 1. The average Bonchev–Trinajstić information content (AvgIpc) is 2.83. The van der Waals surface area contributed by atoms with Crippen LogP contribution in [0.5, 0.6) is 0 Å². The van der Waals surface area contributed by atoms with Crippen LogP contribution in [0.3, 0.4) is 0 Å². The highest BCUT2D eigenvalue weighted by molar-refractivity contribution is 7.16. The van der Waals surface area contributed by atoms with Crippen molar-refractivity contribution in [1.29, 1.82) is 0 Å². The number of nitrogens with two attached hydrogens (primary N) is 1. The second-order valence-electron chi connectivity index (χ2n) is 4.72. The minimum atomic E-state index is -0.0879. The second kappa shape index (κ2) is 6.78. The maximum Gasteiger partial charge on any atom is 0.256 e. The zero-order valence-electron chi connectivity index (χ0n) is 11.8. The number of benzene rings is 1. The first-order valence-corrected chi connectivity index (χ1v) is 7.72. The van der Waals surface area contributed by atoms with Gasteiger partial charge in [0.1, 0.15) is 0 Å². The van der Waals surface area contributed by atoms with Gasteiger partial charge in [-0.3, -0.25) is 4.79 Å². The highest BCUT2D eigenvalue weighted by Crippen LogP contribution is 2.25. The average molecular weight is 321 g/mol. The van der Waals surface area contributed by atoms with Crippen LogP contribution >= 0.6 is 22.9 Å². The molecule has 1 amide bonds. The molecule has 2 N–H and O–H groups in total. The Hall–Kier alpha value is -1.78. The fourth-order valence-corrected chi connectivity index (χ4v) is 3.24. The Labute approximate surface area is 133 Å². The molecule has 0 aliphatic carbocycles. The molecule has 1 heterocycles. The number of rotatable bonds is 5. The van der Waals surface area contributed by atoms with Gasteiger partial charge in [-0.25, -0.2) is 0 Å². The van der Waals surface area contributed by atoms with Crippen molar-refractivity contribution in [3.8, 4) is 0 Å². The topological polar surface area (TPSA) is 46.3 Å². The van der Waals surface area contributed by atoms with Crippen molar-refractivity contribution in [3.05, 3.63) is 63.3 Å². The number of carbonyl (C=O) groups excluding carboxylic acids is 1. The number of hydrogen-bond acceptors (Lipinski definition) is 3. The van der Waals surface area contributed by atoms with Gasteiger partial charge in [0.25, 0.3) is 5.91 Å². The van der Waals surface area contributed by atoms with Crippen LogP contribution in [-0.4, -0.2) is 17.4 Å². The lowest BCUT2D eigenvalue weighted by Gasteiger charge is -2.22. The van der Waals surface area contributed by atoms with E-state index in [0.29, 0.717) is 28.7 Å². The van der Waals surface area contributed by atoms with Gasteiger partial charge in [-0.2, -0.15) is 0 Å². The van der Waals surface area contributed by atoms with E-state index < -0.39 is 0 Å². The molecular weight excluding hydrogens is 304 g/mol. The van der Waals surface area contributed by atoms with Crippen LogP contribution in [0.4, 0.5) is 5.69 Å². The van der Waals surface area contributed by atoms with Gasteiger partial charge in [0.05, 0.1) is 16.4 Å². The maximum absolute atomic E-state index is 12.8. The van der Waals surface area contributed by atoms with E-state index in [2.05, 4.69) is 6.58 Å². The monoisotopic (exact) mass is 320 g/mol. The van der Waals surface area contributed by atoms with E-state index in [1.54, 1.807) is 17.0 Å². The SMILES string of the molecule is C=CCN(Cc1ccc(Cl)s1)C(=O)c1c(C)cccc1N. The summed E-state index contributed by atoms with van der Waals surface area (Å²) < 4.78 is 0.714. The van der Waals surface area contributed by atoms with Crippen molar-refractivity contribution in [2.75, 3.05) is 12.3 Å². The summed E-state index contributed by atoms with van der Waals surface area (Å²) in [6, 6.07) is 9.24. The Morgan fingerprint density at radius 2 is 2.19 bits per heavy atom. The Balaban J connectivity index is 2.29. The number of anilines is 1. The summed E-state index contributed by atoms with van der Waals surface area (Å²) in [5, 5.41) is 0. The molecule has 0 atom stereocenters. The Kier molecular flexibility index (Phi) is 5.04. The molecule has 1 aromatic carbocycles. The standard InChI is InChI=1S/C16H17ClN2OS/c1-3-9-19(10-12-7-8-14(17)21-12)16(20)15-11(2)5-4-6-13(15)18/h3-8H,1,9-10,18H2,2H3. The van der Waals surface area contributed by atoms with Gasteiger partial charge in [-0.05, 0) is 30.7 Å². The summed E-state index contributed by atoms with van der Waals surface area (Å²) in [6.45, 7) is 6.56. The summed E-state index contributed by atoms with van der Waals surface area (Å²) in [6.07, 6.45) is 1.71. The maximum atomic E-state index is 12.8. The summed E-state index contributed by atoms with van der Waals surface area (Å²) in [4.78, 5) is 15.5. The highest BCUT2D eigenvalue weighted by Gasteiger charge is 2.19. The first-order chi connectivity index (χ1) is 10.0. The molecule has 0 spiro atoms. The lowest BCUT2D eigenvalue weighted by atomic mass is 10.1. The Bertz CT molecular complexity index is 646.